The Morgan fingerprint density at radius 2 is 2.00 bits per heavy atom. The van der Waals surface area contributed by atoms with E-state index in [1.807, 2.05) is 0 Å². The summed E-state index contributed by atoms with van der Waals surface area (Å²) in [6.45, 7) is 1.74. The molecule has 0 radical (unpaired) electrons. The zero-order valence-corrected chi connectivity index (χ0v) is 12.2. The fourth-order valence-electron chi connectivity index (χ4n) is 2.77. The molecule has 2 unspecified atom stereocenters. The summed E-state index contributed by atoms with van der Waals surface area (Å²) in [5.41, 5.74) is 7.04. The van der Waals surface area contributed by atoms with Crippen molar-refractivity contribution in [2.24, 2.45) is 5.73 Å². The van der Waals surface area contributed by atoms with Crippen LogP contribution in [0.25, 0.3) is 0 Å². The number of aryl methyl sites for hydroxylation is 1. The van der Waals surface area contributed by atoms with Crippen molar-refractivity contribution in [3.05, 3.63) is 39.4 Å². The van der Waals surface area contributed by atoms with E-state index in [4.69, 9.17) is 5.73 Å². The van der Waals surface area contributed by atoms with Gasteiger partial charge in [-0.3, -0.25) is 14.9 Å². The van der Waals surface area contributed by atoms with Gasteiger partial charge in [0.15, 0.2) is 0 Å². The van der Waals surface area contributed by atoms with Crippen LogP contribution in [0, 0.1) is 17.0 Å². The van der Waals surface area contributed by atoms with Crippen molar-refractivity contribution >= 4 is 11.6 Å². The number of carbonyl (C=O) groups excluding carboxylic acids is 1. The molecular formula is C15H21N3O3. The van der Waals surface area contributed by atoms with Gasteiger partial charge in [0.1, 0.15) is 0 Å². The van der Waals surface area contributed by atoms with Gasteiger partial charge >= 0.3 is 0 Å². The largest absolute Gasteiger partial charge is 0.348 e. The Labute approximate surface area is 123 Å². The Bertz CT molecular complexity index is 545. The summed E-state index contributed by atoms with van der Waals surface area (Å²) >= 11 is 0. The molecule has 0 aromatic heterocycles. The lowest BCUT2D eigenvalue weighted by molar-refractivity contribution is -0.384. The number of nitrogens with two attached hydrogens (primary N) is 1. The average Bonchev–Trinajstić information content (AvgIpc) is 2.63. The van der Waals surface area contributed by atoms with Gasteiger partial charge < -0.3 is 11.1 Å². The first kappa shape index (κ1) is 15.4. The van der Waals surface area contributed by atoms with Gasteiger partial charge in [0.2, 0.25) is 0 Å². The Kier molecular flexibility index (Phi) is 4.90. The third-order valence-electron chi connectivity index (χ3n) is 3.92. The van der Waals surface area contributed by atoms with Crippen molar-refractivity contribution in [1.29, 1.82) is 0 Å². The maximum atomic E-state index is 12.3. The summed E-state index contributed by atoms with van der Waals surface area (Å²) in [4.78, 5) is 22.7. The summed E-state index contributed by atoms with van der Waals surface area (Å²) in [5.74, 6) is -0.288. The molecule has 1 aromatic rings. The zero-order chi connectivity index (χ0) is 15.4. The number of nitrogens with zero attached hydrogens (tertiary/aromatic N) is 1. The summed E-state index contributed by atoms with van der Waals surface area (Å²) < 4.78 is 0. The summed E-state index contributed by atoms with van der Waals surface area (Å²) in [6.07, 6.45) is 5.03. The van der Waals surface area contributed by atoms with Gasteiger partial charge in [0.05, 0.1) is 4.92 Å². The first-order valence-corrected chi connectivity index (χ1v) is 7.30. The van der Waals surface area contributed by atoms with E-state index in [1.165, 1.54) is 12.1 Å². The highest BCUT2D eigenvalue weighted by molar-refractivity contribution is 5.95. The normalized spacial score (nSPS) is 22.4. The van der Waals surface area contributed by atoms with Crippen molar-refractivity contribution in [2.75, 3.05) is 0 Å². The predicted molar refractivity (Wildman–Crippen MR) is 80.1 cm³/mol. The number of nitro benzene ring substituents is 1. The molecule has 114 valence electrons. The lowest BCUT2D eigenvalue weighted by atomic mass is 10.0. The fourth-order valence-corrected chi connectivity index (χ4v) is 2.77. The van der Waals surface area contributed by atoms with Crippen LogP contribution in [0.2, 0.25) is 0 Å². The van der Waals surface area contributed by atoms with Crippen molar-refractivity contribution < 1.29 is 9.72 Å². The molecule has 0 heterocycles. The van der Waals surface area contributed by atoms with Crippen LogP contribution < -0.4 is 11.1 Å². The first-order valence-electron chi connectivity index (χ1n) is 7.30. The van der Waals surface area contributed by atoms with Crippen LogP contribution in [0.4, 0.5) is 5.69 Å². The van der Waals surface area contributed by atoms with Crippen LogP contribution in [-0.2, 0) is 0 Å². The minimum atomic E-state index is -0.485. The molecule has 1 fully saturated rings. The van der Waals surface area contributed by atoms with Gasteiger partial charge in [0, 0.05) is 29.8 Å². The van der Waals surface area contributed by atoms with E-state index in [9.17, 15) is 14.9 Å². The van der Waals surface area contributed by atoms with Crippen LogP contribution in [0.5, 0.6) is 0 Å². The van der Waals surface area contributed by atoms with Gasteiger partial charge in [0.25, 0.3) is 11.6 Å². The number of rotatable bonds is 3. The summed E-state index contributed by atoms with van der Waals surface area (Å²) in [5, 5.41) is 13.8. The van der Waals surface area contributed by atoms with Gasteiger partial charge in [-0.2, -0.15) is 0 Å². The Morgan fingerprint density at radius 3 is 2.71 bits per heavy atom. The highest BCUT2D eigenvalue weighted by atomic mass is 16.6. The smallest absolute Gasteiger partial charge is 0.270 e. The van der Waals surface area contributed by atoms with E-state index in [-0.39, 0.29) is 23.7 Å². The van der Waals surface area contributed by atoms with E-state index in [0.717, 1.165) is 32.1 Å². The summed E-state index contributed by atoms with van der Waals surface area (Å²) in [6, 6.07) is 4.32. The molecule has 6 heteroatoms. The number of nitrogens with one attached hydrogen (secondary N) is 1. The molecule has 2 rings (SSSR count). The van der Waals surface area contributed by atoms with Crippen molar-refractivity contribution in [3.63, 3.8) is 0 Å². The van der Waals surface area contributed by atoms with E-state index < -0.39 is 4.92 Å². The molecule has 0 aliphatic heterocycles. The molecule has 6 nitrogen and oxygen atoms in total. The van der Waals surface area contributed by atoms with Gasteiger partial charge in [-0.05, 0) is 31.4 Å². The third-order valence-corrected chi connectivity index (χ3v) is 3.92. The molecule has 1 amide bonds. The molecular weight excluding hydrogens is 270 g/mol. The molecule has 0 bridgehead atoms. The van der Waals surface area contributed by atoms with Gasteiger partial charge in [-0.1, -0.05) is 19.3 Å². The van der Waals surface area contributed by atoms with Crippen molar-refractivity contribution in [3.8, 4) is 0 Å². The standard InChI is InChI=1S/C15H21N3O3/c1-10-7-11(9-12(8-10)18(20)21)15(19)17-14-6-4-2-3-5-13(14)16/h7-9,13-14H,2-6,16H2,1H3,(H,17,19). The second-order valence-electron chi connectivity index (χ2n) is 5.70. The minimum absolute atomic E-state index is 0.0451. The highest BCUT2D eigenvalue weighted by Crippen LogP contribution is 2.19. The average molecular weight is 291 g/mol. The monoisotopic (exact) mass is 291 g/mol. The molecule has 3 N–H and O–H groups in total. The van der Waals surface area contributed by atoms with Crippen LogP contribution in [-0.4, -0.2) is 22.9 Å². The number of benzene rings is 1. The molecule has 1 aromatic carbocycles. The van der Waals surface area contributed by atoms with E-state index in [2.05, 4.69) is 5.32 Å². The highest BCUT2D eigenvalue weighted by Gasteiger charge is 2.23. The number of carbonyl (C=O) groups is 1. The third kappa shape index (κ3) is 4.01. The molecule has 1 saturated carbocycles. The molecule has 0 saturated heterocycles. The number of amides is 1. The van der Waals surface area contributed by atoms with E-state index in [1.54, 1.807) is 13.0 Å². The maximum Gasteiger partial charge on any atom is 0.270 e. The number of hydrogen-bond acceptors (Lipinski definition) is 4. The van der Waals surface area contributed by atoms with Crippen molar-refractivity contribution in [1.82, 2.24) is 5.32 Å². The number of nitro groups is 1. The summed E-state index contributed by atoms with van der Waals surface area (Å²) in [7, 11) is 0. The zero-order valence-electron chi connectivity index (χ0n) is 12.2. The quantitative estimate of drug-likeness (QED) is 0.507. The number of hydrogen-bond donors (Lipinski definition) is 2. The SMILES string of the molecule is Cc1cc(C(=O)NC2CCCCCC2N)cc([N+](=O)[O-])c1. The Hall–Kier alpha value is -1.95. The Morgan fingerprint density at radius 1 is 1.29 bits per heavy atom. The van der Waals surface area contributed by atoms with E-state index >= 15 is 0 Å². The van der Waals surface area contributed by atoms with Crippen molar-refractivity contribution in [2.45, 2.75) is 51.1 Å². The van der Waals surface area contributed by atoms with Crippen LogP contribution in [0.1, 0.15) is 48.0 Å². The fraction of sp³-hybridized carbons (Fsp3) is 0.533. The van der Waals surface area contributed by atoms with Gasteiger partial charge in [-0.15, -0.1) is 0 Å². The molecule has 1 aliphatic carbocycles. The molecule has 1 aliphatic rings. The maximum absolute atomic E-state index is 12.3. The van der Waals surface area contributed by atoms with Gasteiger partial charge in [-0.25, -0.2) is 0 Å². The van der Waals surface area contributed by atoms with Crippen LogP contribution in [0.3, 0.4) is 0 Å². The van der Waals surface area contributed by atoms with Crippen LogP contribution in [0.15, 0.2) is 18.2 Å². The molecule has 2 atom stereocenters. The minimum Gasteiger partial charge on any atom is -0.348 e. The predicted octanol–water partition coefficient (Wildman–Crippen LogP) is 2.29. The second kappa shape index (κ2) is 6.67. The lowest BCUT2D eigenvalue weighted by Crippen LogP contribution is -2.46. The topological polar surface area (TPSA) is 98.3 Å². The lowest BCUT2D eigenvalue weighted by Gasteiger charge is -2.22. The molecule has 0 spiro atoms. The second-order valence-corrected chi connectivity index (χ2v) is 5.70. The first-order chi connectivity index (χ1) is 9.97. The van der Waals surface area contributed by atoms with Crippen LogP contribution >= 0.6 is 0 Å². The Balaban J connectivity index is 2.14. The van der Waals surface area contributed by atoms with E-state index in [0.29, 0.717) is 11.1 Å². The number of non-ortho nitro benzene ring substituents is 1. The molecule has 21 heavy (non-hydrogen) atoms.